The van der Waals surface area contributed by atoms with Crippen molar-refractivity contribution in [2.75, 3.05) is 7.05 Å². The Morgan fingerprint density at radius 1 is 1.25 bits per heavy atom. The van der Waals surface area contributed by atoms with Crippen molar-refractivity contribution in [2.24, 2.45) is 0 Å². The van der Waals surface area contributed by atoms with Crippen LogP contribution in [-0.2, 0) is 0 Å². The van der Waals surface area contributed by atoms with Crippen LogP contribution in [0.3, 0.4) is 0 Å². The van der Waals surface area contributed by atoms with Gasteiger partial charge >= 0.3 is 0 Å². The maximum atomic E-state index is 6.04. The molecule has 4 heteroatoms. The van der Waals surface area contributed by atoms with E-state index in [-0.39, 0.29) is 6.04 Å². The molecule has 102 valence electrons. The van der Waals surface area contributed by atoms with Crippen molar-refractivity contribution in [1.82, 2.24) is 10.3 Å². The van der Waals surface area contributed by atoms with Gasteiger partial charge in [-0.25, -0.2) is 0 Å². The summed E-state index contributed by atoms with van der Waals surface area (Å²) in [6.45, 7) is 2.06. The highest BCUT2D eigenvalue weighted by Crippen LogP contribution is 2.31. The largest absolute Gasteiger partial charge is 0.459 e. The first-order valence-corrected chi connectivity index (χ1v) is 7.26. The average molecular weight is 331 g/mol. The molecule has 0 bridgehead atoms. The Hall–Kier alpha value is -1.65. The second-order valence-electron chi connectivity index (χ2n) is 4.73. The maximum Gasteiger partial charge on any atom is 0.137 e. The summed E-state index contributed by atoms with van der Waals surface area (Å²) in [7, 11) is 1.91. The number of nitrogens with one attached hydrogen (secondary N) is 1. The molecule has 3 rings (SSSR count). The van der Waals surface area contributed by atoms with Gasteiger partial charge < -0.3 is 9.73 Å². The van der Waals surface area contributed by atoms with E-state index in [1.165, 1.54) is 0 Å². The van der Waals surface area contributed by atoms with Crippen molar-refractivity contribution in [3.63, 3.8) is 0 Å². The van der Waals surface area contributed by atoms with Crippen LogP contribution in [0.15, 0.2) is 51.5 Å². The summed E-state index contributed by atoms with van der Waals surface area (Å²) in [6.07, 6.45) is 1.79. The molecule has 0 radical (unpaired) electrons. The molecular formula is C16H15BrN2O. The van der Waals surface area contributed by atoms with E-state index in [0.29, 0.717) is 0 Å². The van der Waals surface area contributed by atoms with Gasteiger partial charge in [0.25, 0.3) is 0 Å². The molecule has 0 aliphatic carbocycles. The smallest absolute Gasteiger partial charge is 0.137 e. The van der Waals surface area contributed by atoms with Crippen LogP contribution in [0, 0.1) is 6.92 Å². The first kappa shape index (κ1) is 13.3. The molecular weight excluding hydrogens is 316 g/mol. The molecule has 1 N–H and O–H groups in total. The van der Waals surface area contributed by atoms with Gasteiger partial charge in [-0.05, 0) is 53.7 Å². The molecule has 0 aliphatic rings. The Kier molecular flexibility index (Phi) is 3.59. The van der Waals surface area contributed by atoms with Gasteiger partial charge in [0, 0.05) is 16.1 Å². The van der Waals surface area contributed by atoms with Crippen molar-refractivity contribution in [1.29, 1.82) is 0 Å². The van der Waals surface area contributed by atoms with Gasteiger partial charge in [-0.15, -0.1) is 0 Å². The van der Waals surface area contributed by atoms with E-state index in [1.807, 2.05) is 25.2 Å². The third kappa shape index (κ3) is 2.25. The Morgan fingerprint density at radius 3 is 2.80 bits per heavy atom. The predicted molar refractivity (Wildman–Crippen MR) is 83.8 cm³/mol. The van der Waals surface area contributed by atoms with E-state index in [2.05, 4.69) is 51.4 Å². The Labute approximate surface area is 126 Å². The van der Waals surface area contributed by atoms with Crippen LogP contribution in [0.25, 0.3) is 11.0 Å². The molecule has 3 aromatic rings. The van der Waals surface area contributed by atoms with Gasteiger partial charge in [0.05, 0.1) is 5.69 Å². The monoisotopic (exact) mass is 330 g/mol. The zero-order chi connectivity index (χ0) is 14.1. The van der Waals surface area contributed by atoms with E-state index in [4.69, 9.17) is 4.42 Å². The van der Waals surface area contributed by atoms with E-state index >= 15 is 0 Å². The Bertz CT molecular complexity index is 751. The number of benzene rings is 1. The number of para-hydroxylation sites is 1. The second kappa shape index (κ2) is 5.38. The molecule has 1 aromatic carbocycles. The minimum atomic E-state index is -0.0719. The summed E-state index contributed by atoms with van der Waals surface area (Å²) in [5, 5.41) is 4.39. The van der Waals surface area contributed by atoms with E-state index in [0.717, 1.165) is 32.5 Å². The third-order valence-electron chi connectivity index (χ3n) is 3.39. The van der Waals surface area contributed by atoms with Crippen LogP contribution >= 0.6 is 15.9 Å². The number of hydrogen-bond acceptors (Lipinski definition) is 3. The minimum absolute atomic E-state index is 0.0719. The normalized spacial score (nSPS) is 12.8. The zero-order valence-electron chi connectivity index (χ0n) is 11.4. The maximum absolute atomic E-state index is 6.04. The summed E-state index contributed by atoms with van der Waals surface area (Å²) < 4.78 is 7.01. The van der Waals surface area contributed by atoms with Gasteiger partial charge in [0.15, 0.2) is 0 Å². The van der Waals surface area contributed by atoms with Crippen molar-refractivity contribution in [2.45, 2.75) is 13.0 Å². The van der Waals surface area contributed by atoms with Crippen LogP contribution in [0.5, 0.6) is 0 Å². The first-order chi connectivity index (χ1) is 9.70. The van der Waals surface area contributed by atoms with Crippen molar-refractivity contribution in [3.05, 3.63) is 64.1 Å². The molecule has 2 heterocycles. The van der Waals surface area contributed by atoms with Gasteiger partial charge in [0.1, 0.15) is 17.4 Å². The van der Waals surface area contributed by atoms with Crippen LogP contribution in [-0.4, -0.2) is 12.0 Å². The summed E-state index contributed by atoms with van der Waals surface area (Å²) >= 11 is 3.55. The predicted octanol–water partition coefficient (Wildman–Crippen LogP) is 4.21. The Balaban J connectivity index is 2.12. The number of rotatable bonds is 3. The highest BCUT2D eigenvalue weighted by Gasteiger charge is 2.20. The standard InChI is InChI=1S/C16H15BrN2O/c1-10-5-3-6-11-9-13(20-16(10)11)15(18-2)14-12(17)7-4-8-19-14/h3-9,15,18H,1-2H3. The van der Waals surface area contributed by atoms with Crippen LogP contribution < -0.4 is 5.32 Å². The van der Waals surface area contributed by atoms with Gasteiger partial charge in [-0.2, -0.15) is 0 Å². The number of hydrogen-bond donors (Lipinski definition) is 1. The van der Waals surface area contributed by atoms with Crippen LogP contribution in [0.4, 0.5) is 0 Å². The van der Waals surface area contributed by atoms with Crippen molar-refractivity contribution in [3.8, 4) is 0 Å². The average Bonchev–Trinajstić information content (AvgIpc) is 2.87. The third-order valence-corrected chi connectivity index (χ3v) is 4.06. The molecule has 0 saturated heterocycles. The quantitative estimate of drug-likeness (QED) is 0.781. The summed E-state index contributed by atoms with van der Waals surface area (Å²) in [6, 6.07) is 12.1. The van der Waals surface area contributed by atoms with Crippen molar-refractivity contribution >= 4 is 26.9 Å². The zero-order valence-corrected chi connectivity index (χ0v) is 12.9. The molecule has 3 nitrogen and oxygen atoms in total. The number of nitrogens with zero attached hydrogens (tertiary/aromatic N) is 1. The summed E-state index contributed by atoms with van der Waals surface area (Å²) in [4.78, 5) is 4.45. The molecule has 1 atom stereocenters. The van der Waals surface area contributed by atoms with E-state index < -0.39 is 0 Å². The minimum Gasteiger partial charge on any atom is -0.459 e. The number of pyridine rings is 1. The SMILES string of the molecule is CNC(c1cc2cccc(C)c2o1)c1ncccc1Br. The molecule has 0 aliphatic heterocycles. The lowest BCUT2D eigenvalue weighted by molar-refractivity contribution is 0.484. The fourth-order valence-electron chi connectivity index (χ4n) is 2.40. The number of fused-ring (bicyclic) bond motifs is 1. The number of halogens is 1. The molecule has 1 unspecified atom stereocenters. The Morgan fingerprint density at radius 2 is 2.10 bits per heavy atom. The van der Waals surface area contributed by atoms with Crippen LogP contribution in [0.1, 0.15) is 23.1 Å². The highest BCUT2D eigenvalue weighted by atomic mass is 79.9. The van der Waals surface area contributed by atoms with Gasteiger partial charge in [0.2, 0.25) is 0 Å². The molecule has 0 fully saturated rings. The molecule has 0 spiro atoms. The first-order valence-electron chi connectivity index (χ1n) is 6.47. The fourth-order valence-corrected chi connectivity index (χ4v) is 2.88. The summed E-state index contributed by atoms with van der Waals surface area (Å²) in [5.74, 6) is 0.871. The second-order valence-corrected chi connectivity index (χ2v) is 5.59. The summed E-state index contributed by atoms with van der Waals surface area (Å²) in [5.41, 5.74) is 3.00. The van der Waals surface area contributed by atoms with Gasteiger partial charge in [-0.3, -0.25) is 4.98 Å². The van der Waals surface area contributed by atoms with Crippen molar-refractivity contribution < 1.29 is 4.42 Å². The van der Waals surface area contributed by atoms with E-state index in [9.17, 15) is 0 Å². The fraction of sp³-hybridized carbons (Fsp3) is 0.188. The van der Waals surface area contributed by atoms with Crippen LogP contribution in [0.2, 0.25) is 0 Å². The highest BCUT2D eigenvalue weighted by molar-refractivity contribution is 9.10. The number of furan rings is 1. The molecule has 2 aromatic heterocycles. The number of aryl methyl sites for hydroxylation is 1. The lowest BCUT2D eigenvalue weighted by atomic mass is 10.1. The lowest BCUT2D eigenvalue weighted by Crippen LogP contribution is -2.18. The van der Waals surface area contributed by atoms with Gasteiger partial charge in [-0.1, -0.05) is 18.2 Å². The molecule has 0 amide bonds. The molecule has 0 saturated carbocycles. The molecule has 20 heavy (non-hydrogen) atoms. The topological polar surface area (TPSA) is 38.1 Å². The van der Waals surface area contributed by atoms with E-state index in [1.54, 1.807) is 6.20 Å². The number of aromatic nitrogens is 1. The lowest BCUT2D eigenvalue weighted by Gasteiger charge is -2.14.